The number of aromatic nitrogens is 3. The lowest BCUT2D eigenvalue weighted by Gasteiger charge is -2.17. The molecule has 0 N–H and O–H groups in total. The predicted molar refractivity (Wildman–Crippen MR) is 192 cm³/mol. The van der Waals surface area contributed by atoms with E-state index in [0.717, 1.165) is 78.1 Å². The number of pyridine rings is 1. The summed E-state index contributed by atoms with van der Waals surface area (Å²) in [4.78, 5) is 15.0. The Morgan fingerprint density at radius 2 is 0.708 bits per heavy atom. The lowest BCUT2D eigenvalue weighted by atomic mass is 9.91. The summed E-state index contributed by atoms with van der Waals surface area (Å²) >= 11 is 0. The molecule has 5 nitrogen and oxygen atoms in total. The fourth-order valence-corrected chi connectivity index (χ4v) is 6.22. The maximum Gasteiger partial charge on any atom is 0.227 e. The molecule has 0 spiro atoms. The van der Waals surface area contributed by atoms with Gasteiger partial charge in [-0.05, 0) is 65.7 Å². The second kappa shape index (κ2) is 11.6. The third-order valence-electron chi connectivity index (χ3n) is 8.55. The molecular formula is C43H27N3O2. The van der Waals surface area contributed by atoms with Crippen LogP contribution in [0, 0.1) is 0 Å². The minimum absolute atomic E-state index is 0.583. The Labute approximate surface area is 276 Å². The average Bonchev–Trinajstić information content (AvgIpc) is 3.80. The van der Waals surface area contributed by atoms with E-state index in [0.29, 0.717) is 11.8 Å². The van der Waals surface area contributed by atoms with Gasteiger partial charge in [0.05, 0.1) is 11.4 Å². The van der Waals surface area contributed by atoms with Crippen molar-refractivity contribution in [1.82, 2.24) is 15.0 Å². The van der Waals surface area contributed by atoms with E-state index in [1.54, 1.807) is 0 Å². The van der Waals surface area contributed by atoms with Gasteiger partial charge < -0.3 is 8.83 Å². The van der Waals surface area contributed by atoms with Crippen LogP contribution < -0.4 is 0 Å². The van der Waals surface area contributed by atoms with Crippen LogP contribution in [0.5, 0.6) is 0 Å². The summed E-state index contributed by atoms with van der Waals surface area (Å²) in [5.41, 5.74) is 12.9. The Morgan fingerprint density at radius 1 is 0.312 bits per heavy atom. The number of hydrogen-bond acceptors (Lipinski definition) is 5. The zero-order chi connectivity index (χ0) is 31.9. The van der Waals surface area contributed by atoms with E-state index in [9.17, 15) is 0 Å². The van der Waals surface area contributed by atoms with Crippen LogP contribution >= 0.6 is 0 Å². The summed E-state index contributed by atoms with van der Waals surface area (Å²) in [7, 11) is 0. The van der Waals surface area contributed by atoms with Gasteiger partial charge in [0.15, 0.2) is 11.2 Å². The normalized spacial score (nSPS) is 11.3. The molecule has 226 valence electrons. The Balaban J connectivity index is 1.26. The van der Waals surface area contributed by atoms with Gasteiger partial charge >= 0.3 is 0 Å². The van der Waals surface area contributed by atoms with Crippen LogP contribution in [0.2, 0.25) is 0 Å². The molecule has 0 saturated heterocycles. The molecule has 48 heavy (non-hydrogen) atoms. The van der Waals surface area contributed by atoms with E-state index in [1.165, 1.54) is 0 Å². The first-order valence-electron chi connectivity index (χ1n) is 15.9. The van der Waals surface area contributed by atoms with Gasteiger partial charge in [0.25, 0.3) is 0 Å². The van der Waals surface area contributed by atoms with Crippen molar-refractivity contribution in [2.75, 3.05) is 0 Å². The molecule has 0 bridgehead atoms. The molecule has 9 aromatic rings. The smallest absolute Gasteiger partial charge is 0.227 e. The molecule has 0 radical (unpaired) electrons. The molecule has 0 aliphatic heterocycles. The fraction of sp³-hybridized carbons (Fsp3) is 0. The molecular weight excluding hydrogens is 590 g/mol. The van der Waals surface area contributed by atoms with E-state index >= 15 is 0 Å². The van der Waals surface area contributed by atoms with Gasteiger partial charge in [0, 0.05) is 33.4 Å². The molecule has 0 atom stereocenters. The maximum absolute atomic E-state index is 6.17. The van der Waals surface area contributed by atoms with Gasteiger partial charge in [0.2, 0.25) is 11.8 Å². The summed E-state index contributed by atoms with van der Waals surface area (Å²) in [6, 6.07) is 55.3. The van der Waals surface area contributed by atoms with Crippen molar-refractivity contribution < 1.29 is 8.83 Å². The van der Waals surface area contributed by atoms with Crippen LogP contribution in [-0.2, 0) is 0 Å². The minimum Gasteiger partial charge on any atom is -0.436 e. The van der Waals surface area contributed by atoms with Crippen molar-refractivity contribution >= 4 is 22.2 Å². The molecule has 0 saturated carbocycles. The van der Waals surface area contributed by atoms with Crippen LogP contribution in [0.25, 0.3) is 89.9 Å². The third kappa shape index (κ3) is 5.04. The number of hydrogen-bond donors (Lipinski definition) is 0. The number of nitrogens with zero attached hydrogens (tertiary/aromatic N) is 3. The Hall–Kier alpha value is -6.59. The molecule has 0 unspecified atom stereocenters. The van der Waals surface area contributed by atoms with Crippen LogP contribution in [0.3, 0.4) is 0 Å². The van der Waals surface area contributed by atoms with Crippen LogP contribution in [0.15, 0.2) is 173 Å². The van der Waals surface area contributed by atoms with E-state index < -0.39 is 0 Å². The zero-order valence-electron chi connectivity index (χ0n) is 25.7. The van der Waals surface area contributed by atoms with E-state index in [1.807, 2.05) is 84.9 Å². The van der Waals surface area contributed by atoms with Crippen LogP contribution in [-0.4, -0.2) is 15.0 Å². The highest BCUT2D eigenvalue weighted by atomic mass is 16.4. The average molecular weight is 618 g/mol. The van der Waals surface area contributed by atoms with Crippen molar-refractivity contribution in [1.29, 1.82) is 0 Å². The first-order chi connectivity index (χ1) is 23.8. The Kier molecular flexibility index (Phi) is 6.72. The first-order valence-corrected chi connectivity index (χ1v) is 15.9. The highest BCUT2D eigenvalue weighted by Gasteiger charge is 2.20. The highest BCUT2D eigenvalue weighted by molar-refractivity contribution is 5.92. The second-order valence-corrected chi connectivity index (χ2v) is 11.6. The van der Waals surface area contributed by atoms with Crippen molar-refractivity contribution in [2.45, 2.75) is 0 Å². The topological polar surface area (TPSA) is 65.0 Å². The van der Waals surface area contributed by atoms with Crippen LogP contribution in [0.1, 0.15) is 0 Å². The summed E-state index contributed by atoms with van der Waals surface area (Å²) in [6.45, 7) is 0. The monoisotopic (exact) mass is 617 g/mol. The molecule has 9 rings (SSSR count). The van der Waals surface area contributed by atoms with Crippen molar-refractivity contribution in [3.63, 3.8) is 0 Å². The lowest BCUT2D eigenvalue weighted by molar-refractivity contribution is 0.619. The van der Waals surface area contributed by atoms with Gasteiger partial charge in [-0.3, -0.25) is 0 Å². The van der Waals surface area contributed by atoms with Crippen molar-refractivity contribution in [3.05, 3.63) is 164 Å². The first kappa shape index (κ1) is 27.7. The van der Waals surface area contributed by atoms with Gasteiger partial charge in [-0.15, -0.1) is 0 Å². The molecule has 0 aliphatic rings. The molecule has 3 heterocycles. The number of benzene rings is 6. The third-order valence-corrected chi connectivity index (χ3v) is 8.55. The van der Waals surface area contributed by atoms with Crippen LogP contribution in [0.4, 0.5) is 0 Å². The highest BCUT2D eigenvalue weighted by Crippen LogP contribution is 2.41. The molecule has 5 heteroatoms. The van der Waals surface area contributed by atoms with Gasteiger partial charge in [-0.25, -0.2) is 15.0 Å². The summed E-state index contributed by atoms with van der Waals surface area (Å²) in [5.74, 6) is 1.17. The summed E-state index contributed by atoms with van der Waals surface area (Å²) in [5, 5.41) is 0. The number of fused-ring (bicyclic) bond motifs is 2. The quantitative estimate of drug-likeness (QED) is 0.186. The largest absolute Gasteiger partial charge is 0.436 e. The number of para-hydroxylation sites is 4. The molecule has 0 fully saturated rings. The fourth-order valence-electron chi connectivity index (χ4n) is 6.22. The molecule has 0 amide bonds. The lowest BCUT2D eigenvalue weighted by Crippen LogP contribution is -1.97. The Morgan fingerprint density at radius 3 is 1.17 bits per heavy atom. The van der Waals surface area contributed by atoms with Crippen molar-refractivity contribution in [3.8, 4) is 67.7 Å². The zero-order valence-corrected chi connectivity index (χ0v) is 25.7. The SMILES string of the molecule is c1ccc(-c2nc(-c3ccccc3)c(-c3cccc(-c4nc5ccccc5o4)c3)cc2-c2cccc(-c3nc4ccccc4o3)c2)cc1. The molecule has 3 aromatic heterocycles. The van der Waals surface area contributed by atoms with E-state index in [4.69, 9.17) is 23.8 Å². The van der Waals surface area contributed by atoms with E-state index in [-0.39, 0.29) is 0 Å². The predicted octanol–water partition coefficient (Wildman–Crippen LogP) is 11.4. The maximum atomic E-state index is 6.17. The molecule has 6 aromatic carbocycles. The van der Waals surface area contributed by atoms with Gasteiger partial charge in [-0.1, -0.05) is 109 Å². The molecule has 0 aliphatic carbocycles. The van der Waals surface area contributed by atoms with Crippen molar-refractivity contribution in [2.24, 2.45) is 0 Å². The Bertz CT molecular complexity index is 2330. The summed E-state index contributed by atoms with van der Waals surface area (Å²) < 4.78 is 12.3. The standard InChI is InChI=1S/C43H27N3O2/c1-3-13-28(14-4-1)40-34(30-17-11-19-32(25-30)42-44-36-21-7-9-23-38(36)47-42)27-35(41(46-40)29-15-5-2-6-16-29)31-18-12-20-33(26-31)43-45-37-22-8-10-24-39(37)48-43/h1-27H. The summed E-state index contributed by atoms with van der Waals surface area (Å²) in [6.07, 6.45) is 0. The number of oxazole rings is 2. The van der Waals surface area contributed by atoms with Gasteiger partial charge in [-0.2, -0.15) is 0 Å². The second-order valence-electron chi connectivity index (χ2n) is 11.6. The number of rotatable bonds is 6. The van der Waals surface area contributed by atoms with Gasteiger partial charge in [0.1, 0.15) is 11.0 Å². The minimum atomic E-state index is 0.583. The van der Waals surface area contributed by atoms with E-state index in [2.05, 4.69) is 78.9 Å².